The molecule has 2 atom stereocenters. The van der Waals surface area contributed by atoms with Crippen molar-refractivity contribution in [2.24, 2.45) is 5.92 Å². The van der Waals surface area contributed by atoms with E-state index in [9.17, 15) is 14.4 Å². The van der Waals surface area contributed by atoms with Gasteiger partial charge in [-0.2, -0.15) is 4.90 Å². The first-order valence-electron chi connectivity index (χ1n) is 8.65. The molecule has 0 fully saturated rings. The summed E-state index contributed by atoms with van der Waals surface area (Å²) in [6, 6.07) is -1.12. The molecule has 0 aliphatic heterocycles. The zero-order chi connectivity index (χ0) is 20.0. The molecular weight excluding hydrogens is 326 g/mol. The predicted octanol–water partition coefficient (Wildman–Crippen LogP) is 4.14. The van der Waals surface area contributed by atoms with Crippen LogP contribution in [-0.4, -0.2) is 46.9 Å². The molecule has 0 heterocycles. The maximum atomic E-state index is 12.7. The van der Waals surface area contributed by atoms with E-state index in [1.165, 1.54) is 0 Å². The molecule has 0 N–H and O–H groups in total. The highest BCUT2D eigenvalue weighted by Crippen LogP contribution is 2.23. The van der Waals surface area contributed by atoms with E-state index in [4.69, 9.17) is 14.2 Å². The molecular formula is C18H33NO6. The van der Waals surface area contributed by atoms with Gasteiger partial charge in [-0.15, -0.1) is 0 Å². The fourth-order valence-corrected chi connectivity index (χ4v) is 1.97. The molecule has 0 bridgehead atoms. The van der Waals surface area contributed by atoms with E-state index in [1.807, 2.05) is 6.92 Å². The molecule has 0 unspecified atom stereocenters. The van der Waals surface area contributed by atoms with Gasteiger partial charge in [0.2, 0.25) is 0 Å². The van der Waals surface area contributed by atoms with Crippen molar-refractivity contribution in [3.05, 3.63) is 0 Å². The maximum Gasteiger partial charge on any atom is 0.420 e. The van der Waals surface area contributed by atoms with Crippen molar-refractivity contribution in [2.75, 3.05) is 6.61 Å². The molecule has 25 heavy (non-hydrogen) atoms. The third kappa shape index (κ3) is 8.23. The molecule has 7 heteroatoms. The van der Waals surface area contributed by atoms with Crippen molar-refractivity contribution in [1.82, 2.24) is 4.90 Å². The lowest BCUT2D eigenvalue weighted by Crippen LogP contribution is -2.54. The zero-order valence-electron chi connectivity index (χ0n) is 17.0. The minimum absolute atomic E-state index is 0.141. The number of hydrogen-bond acceptors (Lipinski definition) is 6. The van der Waals surface area contributed by atoms with Crippen LogP contribution in [0.2, 0.25) is 0 Å². The van der Waals surface area contributed by atoms with E-state index in [0.717, 1.165) is 4.90 Å². The number of rotatable bonds is 5. The fraction of sp³-hybridized carbons (Fsp3) is 0.833. The minimum atomic E-state index is -1.12. The Kier molecular flexibility index (Phi) is 8.41. The third-order valence-corrected chi connectivity index (χ3v) is 3.17. The van der Waals surface area contributed by atoms with Crippen LogP contribution in [0.25, 0.3) is 0 Å². The van der Waals surface area contributed by atoms with Crippen LogP contribution in [0.1, 0.15) is 68.7 Å². The molecule has 0 aromatic rings. The number of imide groups is 1. The summed E-state index contributed by atoms with van der Waals surface area (Å²) in [4.78, 5) is 38.5. The minimum Gasteiger partial charge on any atom is -0.464 e. The van der Waals surface area contributed by atoms with E-state index >= 15 is 0 Å². The Morgan fingerprint density at radius 3 is 1.56 bits per heavy atom. The lowest BCUT2D eigenvalue weighted by molar-refractivity contribution is -0.151. The lowest BCUT2D eigenvalue weighted by atomic mass is 9.98. The van der Waals surface area contributed by atoms with Gasteiger partial charge in [0.1, 0.15) is 17.2 Å². The van der Waals surface area contributed by atoms with Gasteiger partial charge in [0.05, 0.1) is 6.61 Å². The van der Waals surface area contributed by atoms with Gasteiger partial charge >= 0.3 is 18.2 Å². The highest BCUT2D eigenvalue weighted by atomic mass is 16.6. The van der Waals surface area contributed by atoms with E-state index in [1.54, 1.807) is 55.4 Å². The Morgan fingerprint density at radius 1 is 0.880 bits per heavy atom. The first-order valence-corrected chi connectivity index (χ1v) is 8.65. The van der Waals surface area contributed by atoms with Crippen molar-refractivity contribution < 1.29 is 28.6 Å². The Labute approximate surface area is 151 Å². The zero-order valence-corrected chi connectivity index (χ0v) is 17.0. The van der Waals surface area contributed by atoms with Gasteiger partial charge in [0, 0.05) is 0 Å². The van der Waals surface area contributed by atoms with Crippen molar-refractivity contribution in [3.8, 4) is 0 Å². The summed E-state index contributed by atoms with van der Waals surface area (Å²) in [7, 11) is 0. The van der Waals surface area contributed by atoms with Gasteiger partial charge < -0.3 is 14.2 Å². The fourth-order valence-electron chi connectivity index (χ4n) is 1.97. The van der Waals surface area contributed by atoms with Gasteiger partial charge in [-0.3, -0.25) is 0 Å². The largest absolute Gasteiger partial charge is 0.464 e. The Morgan fingerprint density at radius 2 is 1.28 bits per heavy atom. The molecule has 7 nitrogen and oxygen atoms in total. The van der Waals surface area contributed by atoms with Gasteiger partial charge in [0.25, 0.3) is 0 Å². The average molecular weight is 359 g/mol. The van der Waals surface area contributed by atoms with Gasteiger partial charge in [-0.1, -0.05) is 20.3 Å². The summed E-state index contributed by atoms with van der Waals surface area (Å²) in [5, 5.41) is 0. The molecule has 0 aromatic heterocycles. The number of nitrogens with zero attached hydrogens (tertiary/aromatic N) is 1. The van der Waals surface area contributed by atoms with Crippen molar-refractivity contribution in [2.45, 2.75) is 86.0 Å². The SMILES string of the molecule is CCOC(=O)[C@H]([C@@H](C)CC)N(C(=O)OC(C)(C)C)C(=O)OC(C)(C)C. The predicted molar refractivity (Wildman–Crippen MR) is 94.2 cm³/mol. The topological polar surface area (TPSA) is 82.1 Å². The Balaban J connectivity index is 5.89. The first kappa shape index (κ1) is 23.2. The molecule has 0 aromatic carbocycles. The molecule has 146 valence electrons. The van der Waals surface area contributed by atoms with Gasteiger partial charge in [-0.05, 0) is 54.4 Å². The highest BCUT2D eigenvalue weighted by molar-refractivity contribution is 5.94. The molecule has 2 amide bonds. The van der Waals surface area contributed by atoms with Crippen LogP contribution in [0.5, 0.6) is 0 Å². The smallest absolute Gasteiger partial charge is 0.420 e. The van der Waals surface area contributed by atoms with Crippen LogP contribution in [0.15, 0.2) is 0 Å². The molecule has 0 saturated heterocycles. The number of amides is 2. The second-order valence-electron chi connectivity index (χ2n) is 7.91. The average Bonchev–Trinajstić information content (AvgIpc) is 2.39. The summed E-state index contributed by atoms with van der Waals surface area (Å²) >= 11 is 0. The van der Waals surface area contributed by atoms with Crippen molar-refractivity contribution >= 4 is 18.2 Å². The van der Waals surface area contributed by atoms with E-state index < -0.39 is 35.4 Å². The summed E-state index contributed by atoms with van der Waals surface area (Å²) in [6.07, 6.45) is -1.30. The van der Waals surface area contributed by atoms with Crippen molar-refractivity contribution in [3.63, 3.8) is 0 Å². The summed E-state index contributed by atoms with van der Waals surface area (Å²) < 4.78 is 15.7. The number of esters is 1. The van der Waals surface area contributed by atoms with E-state index in [0.29, 0.717) is 6.42 Å². The summed E-state index contributed by atoms with van der Waals surface area (Å²) in [5.41, 5.74) is -1.65. The van der Waals surface area contributed by atoms with Crippen LogP contribution < -0.4 is 0 Å². The molecule has 0 saturated carbocycles. The normalized spacial score (nSPS) is 14.3. The Bertz CT molecular complexity index is 447. The van der Waals surface area contributed by atoms with Crippen LogP contribution in [-0.2, 0) is 19.0 Å². The van der Waals surface area contributed by atoms with Crippen LogP contribution >= 0.6 is 0 Å². The monoisotopic (exact) mass is 359 g/mol. The molecule has 0 aliphatic rings. The number of carbonyl (C=O) groups excluding carboxylic acids is 3. The molecule has 0 radical (unpaired) electrons. The molecule has 0 spiro atoms. The number of hydrogen-bond donors (Lipinski definition) is 0. The maximum absolute atomic E-state index is 12.7. The first-order chi connectivity index (χ1) is 11.2. The second kappa shape index (κ2) is 9.06. The van der Waals surface area contributed by atoms with E-state index in [2.05, 4.69) is 0 Å². The van der Waals surface area contributed by atoms with E-state index in [-0.39, 0.29) is 12.5 Å². The number of carbonyl (C=O) groups is 3. The summed E-state index contributed by atoms with van der Waals surface area (Å²) in [6.45, 7) is 15.5. The van der Waals surface area contributed by atoms with Crippen molar-refractivity contribution in [1.29, 1.82) is 0 Å². The van der Waals surface area contributed by atoms with Crippen LogP contribution in [0.4, 0.5) is 9.59 Å². The quantitative estimate of drug-likeness (QED) is 0.542. The second-order valence-corrected chi connectivity index (χ2v) is 7.91. The lowest BCUT2D eigenvalue weighted by Gasteiger charge is -2.34. The van der Waals surface area contributed by atoms with Gasteiger partial charge in [0.15, 0.2) is 0 Å². The summed E-state index contributed by atoms with van der Waals surface area (Å²) in [5.74, 6) is -0.979. The molecule has 0 rings (SSSR count). The van der Waals surface area contributed by atoms with Crippen LogP contribution in [0.3, 0.4) is 0 Å². The van der Waals surface area contributed by atoms with Crippen LogP contribution in [0, 0.1) is 5.92 Å². The highest BCUT2D eigenvalue weighted by Gasteiger charge is 2.43. The third-order valence-electron chi connectivity index (χ3n) is 3.17. The standard InChI is InChI=1S/C18H33NO6/c1-10-12(3)13(14(20)23-11-2)19(15(21)24-17(4,5)6)16(22)25-18(7,8)9/h12-13H,10-11H2,1-9H3/t12-,13-/m0/s1. The number of ether oxygens (including phenoxy) is 3. The Hall–Kier alpha value is -1.79. The van der Waals surface area contributed by atoms with Gasteiger partial charge in [-0.25, -0.2) is 14.4 Å². The molecule has 0 aliphatic carbocycles.